The van der Waals surface area contributed by atoms with Gasteiger partial charge in [-0.05, 0) is 57.7 Å². The number of benzene rings is 1. The number of ether oxygens (including phenoxy) is 1. The highest BCUT2D eigenvalue weighted by atomic mass is 19.1. The highest BCUT2D eigenvalue weighted by molar-refractivity contribution is 5.98. The molecule has 1 aromatic carbocycles. The maximum absolute atomic E-state index is 14.0. The van der Waals surface area contributed by atoms with Gasteiger partial charge in [0.1, 0.15) is 11.4 Å². The fourth-order valence-electron chi connectivity index (χ4n) is 4.26. The molecule has 0 saturated carbocycles. The normalized spacial score (nSPS) is 21.5. The second kappa shape index (κ2) is 7.70. The van der Waals surface area contributed by atoms with E-state index < -0.39 is 11.4 Å². The van der Waals surface area contributed by atoms with Gasteiger partial charge >= 0.3 is 6.09 Å². The third-order valence-electron chi connectivity index (χ3n) is 5.52. The lowest BCUT2D eigenvalue weighted by Crippen LogP contribution is -2.49. The van der Waals surface area contributed by atoms with Crippen LogP contribution in [-0.4, -0.2) is 68.1 Å². The predicted molar refractivity (Wildman–Crippen MR) is 107 cm³/mol. The van der Waals surface area contributed by atoms with Crippen molar-refractivity contribution in [3.05, 3.63) is 42.0 Å². The Morgan fingerprint density at radius 2 is 1.90 bits per heavy atom. The first-order valence-corrected chi connectivity index (χ1v) is 10.2. The van der Waals surface area contributed by atoms with Crippen molar-refractivity contribution >= 4 is 12.0 Å². The van der Waals surface area contributed by atoms with Gasteiger partial charge in [0.2, 0.25) is 0 Å². The molecule has 0 radical (unpaired) electrons. The second-order valence-corrected chi connectivity index (χ2v) is 8.83. The first-order chi connectivity index (χ1) is 14.2. The lowest BCUT2D eigenvalue weighted by molar-refractivity contribution is 0.0276. The van der Waals surface area contributed by atoms with Gasteiger partial charge in [0, 0.05) is 19.6 Å². The largest absolute Gasteiger partial charge is 0.444 e. The van der Waals surface area contributed by atoms with Gasteiger partial charge in [-0.3, -0.25) is 4.79 Å². The van der Waals surface area contributed by atoms with Crippen LogP contribution in [0.3, 0.4) is 0 Å². The summed E-state index contributed by atoms with van der Waals surface area (Å²) in [6.45, 7) is 7.02. The summed E-state index contributed by atoms with van der Waals surface area (Å²) < 4.78 is 19.5. The van der Waals surface area contributed by atoms with Gasteiger partial charge in [-0.25, -0.2) is 9.18 Å². The monoisotopic (exact) mass is 415 g/mol. The Bertz CT molecular complexity index is 941. The minimum Gasteiger partial charge on any atom is -0.444 e. The van der Waals surface area contributed by atoms with Gasteiger partial charge in [-0.15, -0.1) is 0 Å². The van der Waals surface area contributed by atoms with Crippen LogP contribution in [0.15, 0.2) is 30.6 Å². The van der Waals surface area contributed by atoms with E-state index in [-0.39, 0.29) is 29.5 Å². The number of carbonyl (C=O) groups is 2. The molecule has 9 heteroatoms. The minimum absolute atomic E-state index is 0.125. The van der Waals surface area contributed by atoms with Crippen LogP contribution >= 0.6 is 0 Å². The van der Waals surface area contributed by atoms with E-state index in [9.17, 15) is 14.0 Å². The summed E-state index contributed by atoms with van der Waals surface area (Å²) in [7, 11) is 0. The van der Waals surface area contributed by atoms with Crippen molar-refractivity contribution in [1.29, 1.82) is 0 Å². The molecular formula is C21H26FN5O3. The summed E-state index contributed by atoms with van der Waals surface area (Å²) in [6, 6.07) is 3.89. The molecule has 30 heavy (non-hydrogen) atoms. The lowest BCUT2D eigenvalue weighted by Gasteiger charge is -2.37. The van der Waals surface area contributed by atoms with E-state index in [2.05, 4.69) is 10.2 Å². The summed E-state index contributed by atoms with van der Waals surface area (Å²) in [5, 5.41) is 8.17. The molecule has 2 amide bonds. The summed E-state index contributed by atoms with van der Waals surface area (Å²) in [5.74, 6) is -0.595. The lowest BCUT2D eigenvalue weighted by atomic mass is 9.91. The highest BCUT2D eigenvalue weighted by Gasteiger charge is 2.44. The summed E-state index contributed by atoms with van der Waals surface area (Å²) in [4.78, 5) is 30.8. The zero-order valence-electron chi connectivity index (χ0n) is 17.4. The molecule has 4 rings (SSSR count). The topological polar surface area (TPSA) is 80.6 Å². The maximum atomic E-state index is 14.0. The van der Waals surface area contributed by atoms with Crippen molar-refractivity contribution in [2.75, 3.05) is 19.6 Å². The summed E-state index contributed by atoms with van der Waals surface area (Å²) in [5.41, 5.74) is 0.0613. The van der Waals surface area contributed by atoms with Crippen LogP contribution in [0.25, 0.3) is 5.69 Å². The summed E-state index contributed by atoms with van der Waals surface area (Å²) in [6.07, 6.45) is 4.41. The van der Waals surface area contributed by atoms with E-state index in [0.29, 0.717) is 25.3 Å². The second-order valence-electron chi connectivity index (χ2n) is 8.83. The smallest absolute Gasteiger partial charge is 0.410 e. The molecule has 2 fully saturated rings. The number of halogens is 1. The van der Waals surface area contributed by atoms with Crippen LogP contribution in [0.4, 0.5) is 9.18 Å². The molecule has 2 aliphatic heterocycles. The van der Waals surface area contributed by atoms with E-state index in [1.807, 2.05) is 20.8 Å². The highest BCUT2D eigenvalue weighted by Crippen LogP contribution is 2.33. The zero-order valence-corrected chi connectivity index (χ0v) is 17.4. The van der Waals surface area contributed by atoms with Crippen molar-refractivity contribution in [3.63, 3.8) is 0 Å². The van der Waals surface area contributed by atoms with Crippen LogP contribution in [0.2, 0.25) is 0 Å². The molecule has 1 aromatic heterocycles. The average molecular weight is 415 g/mol. The number of hydrogen-bond donors (Lipinski definition) is 0. The fraction of sp³-hybridized carbons (Fsp3) is 0.524. The van der Waals surface area contributed by atoms with Gasteiger partial charge in [0.05, 0.1) is 29.7 Å². The van der Waals surface area contributed by atoms with Crippen LogP contribution in [0.1, 0.15) is 44.0 Å². The van der Waals surface area contributed by atoms with Crippen molar-refractivity contribution in [3.8, 4) is 5.69 Å². The van der Waals surface area contributed by atoms with E-state index in [0.717, 1.165) is 12.8 Å². The number of fused-ring (bicyclic) bond motifs is 1. The molecule has 0 bridgehead atoms. The van der Waals surface area contributed by atoms with E-state index in [4.69, 9.17) is 4.74 Å². The Hall–Kier alpha value is -2.97. The van der Waals surface area contributed by atoms with Crippen molar-refractivity contribution < 1.29 is 18.7 Å². The maximum Gasteiger partial charge on any atom is 0.410 e. The first-order valence-electron chi connectivity index (χ1n) is 10.2. The minimum atomic E-state index is -0.576. The van der Waals surface area contributed by atoms with Gasteiger partial charge in [-0.2, -0.15) is 15.0 Å². The molecule has 3 heterocycles. The quantitative estimate of drug-likeness (QED) is 0.754. The Balaban J connectivity index is 1.58. The molecule has 0 aliphatic carbocycles. The molecule has 2 aromatic rings. The van der Waals surface area contributed by atoms with E-state index in [1.54, 1.807) is 9.80 Å². The molecule has 0 unspecified atom stereocenters. The van der Waals surface area contributed by atoms with Crippen LogP contribution < -0.4 is 0 Å². The van der Waals surface area contributed by atoms with Crippen LogP contribution in [0.5, 0.6) is 0 Å². The number of aromatic nitrogens is 3. The molecular weight excluding hydrogens is 389 g/mol. The molecule has 2 aliphatic rings. The number of nitrogens with zero attached hydrogens (tertiary/aromatic N) is 5. The number of rotatable bonds is 2. The zero-order chi connectivity index (χ0) is 21.5. The van der Waals surface area contributed by atoms with Crippen molar-refractivity contribution in [2.45, 2.75) is 45.3 Å². The van der Waals surface area contributed by atoms with E-state index >= 15 is 0 Å². The SMILES string of the molecule is CC(C)(C)OC(=O)N1C[C@H]2CCCN(C(=O)c3cc(F)ccc3-n3nccn3)[C@H]2C1. The Labute approximate surface area is 174 Å². The average Bonchev–Trinajstić information content (AvgIpc) is 3.35. The predicted octanol–water partition coefficient (Wildman–Crippen LogP) is 2.88. The molecule has 0 N–H and O–H groups in total. The Kier molecular flexibility index (Phi) is 5.21. The molecule has 8 nitrogen and oxygen atoms in total. The molecule has 2 saturated heterocycles. The number of carbonyl (C=O) groups excluding carboxylic acids is 2. The van der Waals surface area contributed by atoms with Gasteiger partial charge in [-0.1, -0.05) is 0 Å². The van der Waals surface area contributed by atoms with Crippen LogP contribution in [0, 0.1) is 11.7 Å². The molecule has 160 valence electrons. The van der Waals surface area contributed by atoms with Gasteiger partial charge in [0.15, 0.2) is 0 Å². The Morgan fingerprint density at radius 3 is 2.60 bits per heavy atom. The summed E-state index contributed by atoms with van der Waals surface area (Å²) >= 11 is 0. The molecule has 2 atom stereocenters. The third kappa shape index (κ3) is 4.01. The Morgan fingerprint density at radius 1 is 1.17 bits per heavy atom. The van der Waals surface area contributed by atoms with Gasteiger partial charge in [0.25, 0.3) is 5.91 Å². The third-order valence-corrected chi connectivity index (χ3v) is 5.52. The number of hydrogen-bond acceptors (Lipinski definition) is 5. The van der Waals surface area contributed by atoms with E-state index in [1.165, 1.54) is 35.4 Å². The standard InChI is InChI=1S/C21H26FN5O3/c1-21(2,3)30-20(29)25-12-14-5-4-10-26(18(14)13-25)19(28)16-11-15(22)6-7-17(16)27-23-8-9-24-27/h6-9,11,14,18H,4-5,10,12-13H2,1-3H3/t14-,18+/m1/s1. The van der Waals surface area contributed by atoms with Gasteiger partial charge < -0.3 is 14.5 Å². The fourth-order valence-corrected chi connectivity index (χ4v) is 4.26. The number of amides is 2. The van der Waals surface area contributed by atoms with Crippen molar-refractivity contribution in [1.82, 2.24) is 24.8 Å². The van der Waals surface area contributed by atoms with Crippen LogP contribution in [-0.2, 0) is 4.74 Å². The number of likely N-dealkylation sites (tertiary alicyclic amines) is 2. The number of piperidine rings is 1. The van der Waals surface area contributed by atoms with Crippen molar-refractivity contribution in [2.24, 2.45) is 5.92 Å². The molecule has 0 spiro atoms. The first kappa shape index (κ1) is 20.3.